The van der Waals surface area contributed by atoms with Crippen LogP contribution < -0.4 is 5.32 Å². The highest BCUT2D eigenvalue weighted by Gasteiger charge is 2.30. The first-order valence-corrected chi connectivity index (χ1v) is 6.94. The van der Waals surface area contributed by atoms with Crippen LogP contribution in [0.25, 0.3) is 0 Å². The SMILES string of the molecule is CC(C)CC(CCl)NC(=O)C1CCCC1C. The van der Waals surface area contributed by atoms with Gasteiger partial charge < -0.3 is 5.32 Å². The molecule has 3 unspecified atom stereocenters. The number of nitrogens with one attached hydrogen (secondary N) is 1. The van der Waals surface area contributed by atoms with Gasteiger partial charge in [-0.2, -0.15) is 0 Å². The van der Waals surface area contributed by atoms with Crippen LogP contribution in [0.4, 0.5) is 0 Å². The van der Waals surface area contributed by atoms with Crippen LogP contribution in [0.3, 0.4) is 0 Å². The zero-order valence-electron chi connectivity index (χ0n) is 10.6. The number of rotatable bonds is 5. The molecule has 1 saturated carbocycles. The Morgan fingerprint density at radius 2 is 2.12 bits per heavy atom. The fourth-order valence-electron chi connectivity index (χ4n) is 2.57. The van der Waals surface area contributed by atoms with Crippen molar-refractivity contribution < 1.29 is 4.79 Å². The highest BCUT2D eigenvalue weighted by atomic mass is 35.5. The van der Waals surface area contributed by atoms with Gasteiger partial charge in [0, 0.05) is 17.8 Å². The lowest BCUT2D eigenvalue weighted by molar-refractivity contribution is -0.126. The highest BCUT2D eigenvalue weighted by Crippen LogP contribution is 2.31. The van der Waals surface area contributed by atoms with Crippen LogP contribution in [0, 0.1) is 17.8 Å². The molecule has 1 amide bonds. The molecule has 1 rings (SSSR count). The third kappa shape index (κ3) is 3.97. The molecule has 94 valence electrons. The first-order valence-electron chi connectivity index (χ1n) is 6.41. The summed E-state index contributed by atoms with van der Waals surface area (Å²) in [6.07, 6.45) is 4.39. The van der Waals surface area contributed by atoms with Gasteiger partial charge in [-0.15, -0.1) is 11.6 Å². The molecule has 3 heteroatoms. The molecule has 0 aromatic heterocycles. The van der Waals surface area contributed by atoms with Gasteiger partial charge in [0.05, 0.1) is 0 Å². The number of alkyl halides is 1. The van der Waals surface area contributed by atoms with Gasteiger partial charge in [0.1, 0.15) is 0 Å². The quantitative estimate of drug-likeness (QED) is 0.741. The van der Waals surface area contributed by atoms with Crippen molar-refractivity contribution in [2.45, 2.75) is 52.5 Å². The van der Waals surface area contributed by atoms with Gasteiger partial charge in [0.25, 0.3) is 0 Å². The Balaban J connectivity index is 2.42. The van der Waals surface area contributed by atoms with E-state index >= 15 is 0 Å². The zero-order chi connectivity index (χ0) is 12.1. The van der Waals surface area contributed by atoms with Crippen molar-refractivity contribution in [2.75, 3.05) is 5.88 Å². The maximum absolute atomic E-state index is 12.0. The standard InChI is InChI=1S/C13H24ClNO/c1-9(2)7-11(8-14)15-13(16)12-6-4-5-10(12)3/h9-12H,4-8H2,1-3H3,(H,15,16). The second-order valence-corrected chi connectivity index (χ2v) is 5.81. The number of carbonyl (C=O) groups excluding carboxylic acids is 1. The van der Waals surface area contributed by atoms with E-state index in [9.17, 15) is 4.79 Å². The minimum atomic E-state index is 0.141. The maximum Gasteiger partial charge on any atom is 0.223 e. The minimum Gasteiger partial charge on any atom is -0.352 e. The summed E-state index contributed by atoms with van der Waals surface area (Å²) < 4.78 is 0. The van der Waals surface area contributed by atoms with E-state index in [0.29, 0.717) is 17.7 Å². The number of hydrogen-bond donors (Lipinski definition) is 1. The fourth-order valence-corrected chi connectivity index (χ4v) is 2.78. The van der Waals surface area contributed by atoms with E-state index in [0.717, 1.165) is 12.8 Å². The lowest BCUT2D eigenvalue weighted by Crippen LogP contribution is -2.41. The van der Waals surface area contributed by atoms with Crippen molar-refractivity contribution in [3.63, 3.8) is 0 Å². The predicted octanol–water partition coefficient (Wildman–Crippen LogP) is 3.19. The molecule has 1 fully saturated rings. The third-order valence-electron chi connectivity index (χ3n) is 3.49. The maximum atomic E-state index is 12.0. The molecule has 0 spiro atoms. The van der Waals surface area contributed by atoms with Crippen LogP contribution in [-0.4, -0.2) is 17.8 Å². The highest BCUT2D eigenvalue weighted by molar-refractivity contribution is 6.18. The van der Waals surface area contributed by atoms with Gasteiger partial charge in [-0.25, -0.2) is 0 Å². The summed E-state index contributed by atoms with van der Waals surface area (Å²) in [6, 6.07) is 0.141. The number of halogens is 1. The summed E-state index contributed by atoms with van der Waals surface area (Å²) in [4.78, 5) is 12.0. The van der Waals surface area contributed by atoms with E-state index in [1.54, 1.807) is 0 Å². The summed E-state index contributed by atoms with van der Waals surface area (Å²) in [5.74, 6) is 2.07. The van der Waals surface area contributed by atoms with E-state index in [2.05, 4.69) is 26.1 Å². The third-order valence-corrected chi connectivity index (χ3v) is 3.86. The second-order valence-electron chi connectivity index (χ2n) is 5.50. The Bertz CT molecular complexity index is 230. The Kier molecular flexibility index (Phi) is 5.60. The molecule has 2 nitrogen and oxygen atoms in total. The van der Waals surface area contributed by atoms with Crippen LogP contribution in [0.1, 0.15) is 46.5 Å². The van der Waals surface area contributed by atoms with Crippen LogP contribution in [-0.2, 0) is 4.79 Å². The second kappa shape index (κ2) is 6.48. The van der Waals surface area contributed by atoms with Gasteiger partial charge in [-0.1, -0.05) is 27.2 Å². The van der Waals surface area contributed by atoms with Crippen molar-refractivity contribution in [3.05, 3.63) is 0 Å². The fraction of sp³-hybridized carbons (Fsp3) is 0.923. The average Bonchev–Trinajstić information content (AvgIpc) is 2.62. The molecule has 3 atom stereocenters. The molecule has 0 aromatic rings. The summed E-state index contributed by atoms with van der Waals surface area (Å²) in [5, 5.41) is 3.10. The van der Waals surface area contributed by atoms with E-state index in [1.807, 2.05) is 0 Å². The predicted molar refractivity (Wildman–Crippen MR) is 68.6 cm³/mol. The summed E-state index contributed by atoms with van der Waals surface area (Å²) in [6.45, 7) is 6.49. The van der Waals surface area contributed by atoms with Gasteiger partial charge >= 0.3 is 0 Å². The minimum absolute atomic E-state index is 0.141. The summed E-state index contributed by atoms with van der Waals surface area (Å²) in [7, 11) is 0. The molecule has 1 N–H and O–H groups in total. The first-order chi connectivity index (χ1) is 7.54. The van der Waals surface area contributed by atoms with Crippen LogP contribution in [0.2, 0.25) is 0 Å². The normalized spacial score (nSPS) is 27.1. The lowest BCUT2D eigenvalue weighted by atomic mass is 9.96. The Morgan fingerprint density at radius 3 is 2.56 bits per heavy atom. The van der Waals surface area contributed by atoms with Crippen molar-refractivity contribution >= 4 is 17.5 Å². The molecular formula is C13H24ClNO. The van der Waals surface area contributed by atoms with E-state index < -0.39 is 0 Å². The monoisotopic (exact) mass is 245 g/mol. The molecule has 0 aliphatic heterocycles. The van der Waals surface area contributed by atoms with Gasteiger partial charge in [-0.05, 0) is 31.1 Å². The Morgan fingerprint density at radius 1 is 1.44 bits per heavy atom. The topological polar surface area (TPSA) is 29.1 Å². The molecule has 1 aliphatic rings. The number of carbonyl (C=O) groups is 1. The molecule has 1 aliphatic carbocycles. The van der Waals surface area contributed by atoms with Crippen molar-refractivity contribution in [3.8, 4) is 0 Å². The Labute approximate surface area is 104 Å². The van der Waals surface area contributed by atoms with Gasteiger partial charge in [0.2, 0.25) is 5.91 Å². The largest absolute Gasteiger partial charge is 0.352 e. The molecule has 16 heavy (non-hydrogen) atoms. The van der Waals surface area contributed by atoms with Crippen LogP contribution in [0.5, 0.6) is 0 Å². The molecule has 0 aromatic carbocycles. The number of amides is 1. The van der Waals surface area contributed by atoms with Crippen LogP contribution in [0.15, 0.2) is 0 Å². The molecule has 0 saturated heterocycles. The van der Waals surface area contributed by atoms with Crippen LogP contribution >= 0.6 is 11.6 Å². The van der Waals surface area contributed by atoms with Gasteiger partial charge in [-0.3, -0.25) is 4.79 Å². The zero-order valence-corrected chi connectivity index (χ0v) is 11.4. The Hall–Kier alpha value is -0.240. The molecule has 0 bridgehead atoms. The van der Waals surface area contributed by atoms with Crippen molar-refractivity contribution in [2.24, 2.45) is 17.8 Å². The molecule has 0 heterocycles. The smallest absolute Gasteiger partial charge is 0.223 e. The van der Waals surface area contributed by atoms with E-state index in [-0.39, 0.29) is 17.9 Å². The van der Waals surface area contributed by atoms with E-state index in [1.165, 1.54) is 12.8 Å². The van der Waals surface area contributed by atoms with Gasteiger partial charge in [0.15, 0.2) is 0 Å². The van der Waals surface area contributed by atoms with Crippen molar-refractivity contribution in [1.29, 1.82) is 0 Å². The molecular weight excluding hydrogens is 222 g/mol. The van der Waals surface area contributed by atoms with Crippen molar-refractivity contribution in [1.82, 2.24) is 5.32 Å². The average molecular weight is 246 g/mol. The number of hydrogen-bond acceptors (Lipinski definition) is 1. The lowest BCUT2D eigenvalue weighted by Gasteiger charge is -2.22. The first kappa shape index (κ1) is 13.8. The van der Waals surface area contributed by atoms with E-state index in [4.69, 9.17) is 11.6 Å². The summed E-state index contributed by atoms with van der Waals surface area (Å²) >= 11 is 5.88. The molecule has 0 radical (unpaired) electrons. The summed E-state index contributed by atoms with van der Waals surface area (Å²) in [5.41, 5.74) is 0.